The number of halogens is 5. The van der Waals surface area contributed by atoms with Gasteiger partial charge in [0, 0.05) is 49.9 Å². The molecule has 1 fully saturated rings. The second-order valence-corrected chi connectivity index (χ2v) is 8.51. The number of nitrogens with zero attached hydrogens (tertiary/aromatic N) is 5. The molecule has 0 N–H and O–H groups in total. The summed E-state index contributed by atoms with van der Waals surface area (Å²) in [5, 5.41) is 0.00297. The Labute approximate surface area is 194 Å². The van der Waals surface area contributed by atoms with E-state index in [-0.39, 0.29) is 16.8 Å². The van der Waals surface area contributed by atoms with E-state index < -0.39 is 17.6 Å². The second kappa shape index (κ2) is 9.13. The van der Waals surface area contributed by atoms with Crippen LogP contribution in [-0.2, 0) is 6.18 Å². The largest absolute Gasteiger partial charge is 0.419 e. The minimum absolute atomic E-state index is 0.00297. The summed E-state index contributed by atoms with van der Waals surface area (Å²) in [4.78, 5) is 16.9. The van der Waals surface area contributed by atoms with Gasteiger partial charge in [0.1, 0.15) is 23.3 Å². The number of benzene rings is 1. The molecule has 0 unspecified atom stereocenters. The average molecular weight is 480 g/mol. The van der Waals surface area contributed by atoms with Gasteiger partial charge in [0.15, 0.2) is 0 Å². The van der Waals surface area contributed by atoms with Crippen LogP contribution in [0.4, 0.5) is 29.2 Å². The lowest BCUT2D eigenvalue weighted by molar-refractivity contribution is -0.137. The maximum Gasteiger partial charge on any atom is 0.419 e. The molecule has 1 saturated heterocycles. The zero-order valence-electron chi connectivity index (χ0n) is 18.1. The topological polar surface area (TPSA) is 45.2 Å². The lowest BCUT2D eigenvalue weighted by Crippen LogP contribution is -2.47. The molecule has 10 heteroatoms. The van der Waals surface area contributed by atoms with E-state index in [0.29, 0.717) is 49.1 Å². The zero-order valence-corrected chi connectivity index (χ0v) is 18.8. The standard InChI is InChI=1S/C23H22ClF4N5/c1-14(2)21-30-19(15-5-6-18(25)17(24)12-15)13-20(31-21)32-8-10-33(11-9-32)22-16(23(26,27)28)4-3-7-29-22/h3-7,12-14H,8-11H2,1-2H3. The average Bonchev–Trinajstić information content (AvgIpc) is 2.80. The third kappa shape index (κ3) is 5.03. The van der Waals surface area contributed by atoms with Crippen LogP contribution in [-0.4, -0.2) is 41.1 Å². The highest BCUT2D eigenvalue weighted by Crippen LogP contribution is 2.36. The van der Waals surface area contributed by atoms with Crippen molar-refractivity contribution in [2.75, 3.05) is 36.0 Å². The molecule has 0 aliphatic carbocycles. The summed E-state index contributed by atoms with van der Waals surface area (Å²) in [6.45, 7) is 5.59. The fourth-order valence-electron chi connectivity index (χ4n) is 3.69. The molecule has 0 amide bonds. The molecule has 33 heavy (non-hydrogen) atoms. The van der Waals surface area contributed by atoms with E-state index in [1.807, 2.05) is 18.7 Å². The van der Waals surface area contributed by atoms with E-state index in [1.165, 1.54) is 24.4 Å². The Morgan fingerprint density at radius 3 is 2.30 bits per heavy atom. The van der Waals surface area contributed by atoms with Crippen LogP contribution >= 0.6 is 11.6 Å². The Kier molecular flexibility index (Phi) is 6.43. The number of hydrogen-bond donors (Lipinski definition) is 0. The van der Waals surface area contributed by atoms with Crippen LogP contribution in [0.3, 0.4) is 0 Å². The lowest BCUT2D eigenvalue weighted by Gasteiger charge is -2.37. The smallest absolute Gasteiger partial charge is 0.353 e. The number of hydrogen-bond acceptors (Lipinski definition) is 5. The maximum absolute atomic E-state index is 13.6. The first-order valence-corrected chi connectivity index (χ1v) is 10.9. The Morgan fingerprint density at radius 2 is 1.67 bits per heavy atom. The monoisotopic (exact) mass is 479 g/mol. The molecule has 1 aliphatic rings. The van der Waals surface area contributed by atoms with Gasteiger partial charge in [-0.25, -0.2) is 19.3 Å². The highest BCUT2D eigenvalue weighted by Gasteiger charge is 2.36. The van der Waals surface area contributed by atoms with E-state index in [0.717, 1.165) is 6.07 Å². The van der Waals surface area contributed by atoms with Crippen LogP contribution in [0, 0.1) is 5.82 Å². The van der Waals surface area contributed by atoms with Crippen molar-refractivity contribution in [3.63, 3.8) is 0 Å². The third-order valence-corrected chi connectivity index (χ3v) is 5.75. The van der Waals surface area contributed by atoms with Gasteiger partial charge in [0.05, 0.1) is 16.3 Å². The van der Waals surface area contributed by atoms with Crippen molar-refractivity contribution in [1.82, 2.24) is 15.0 Å². The Morgan fingerprint density at radius 1 is 0.970 bits per heavy atom. The molecule has 3 heterocycles. The molecule has 5 nitrogen and oxygen atoms in total. The van der Waals surface area contributed by atoms with Crippen LogP contribution in [0.15, 0.2) is 42.6 Å². The van der Waals surface area contributed by atoms with E-state index in [9.17, 15) is 17.6 Å². The fraction of sp³-hybridized carbons (Fsp3) is 0.348. The van der Waals surface area contributed by atoms with Gasteiger partial charge < -0.3 is 9.80 Å². The molecule has 1 aromatic carbocycles. The first-order chi connectivity index (χ1) is 15.6. The summed E-state index contributed by atoms with van der Waals surface area (Å²) in [5.74, 6) is 0.763. The van der Waals surface area contributed by atoms with Gasteiger partial charge in [-0.05, 0) is 30.3 Å². The molecular formula is C23H22ClF4N5. The first kappa shape index (κ1) is 23.2. The van der Waals surface area contributed by atoms with E-state index in [4.69, 9.17) is 11.6 Å². The van der Waals surface area contributed by atoms with Gasteiger partial charge in [-0.2, -0.15) is 13.2 Å². The minimum Gasteiger partial charge on any atom is -0.353 e. The molecule has 0 atom stereocenters. The van der Waals surface area contributed by atoms with Gasteiger partial charge >= 0.3 is 6.18 Å². The molecule has 0 saturated carbocycles. The number of rotatable bonds is 4. The van der Waals surface area contributed by atoms with Crippen molar-refractivity contribution < 1.29 is 17.6 Å². The Hall–Kier alpha value is -2.94. The van der Waals surface area contributed by atoms with Crippen LogP contribution in [0.2, 0.25) is 5.02 Å². The highest BCUT2D eigenvalue weighted by atomic mass is 35.5. The van der Waals surface area contributed by atoms with Crippen molar-refractivity contribution in [2.45, 2.75) is 25.9 Å². The Balaban J connectivity index is 1.60. The summed E-state index contributed by atoms with van der Waals surface area (Å²) in [6, 6.07) is 8.56. The van der Waals surface area contributed by atoms with Gasteiger partial charge in [-0.3, -0.25) is 0 Å². The van der Waals surface area contributed by atoms with Crippen LogP contribution in [0.1, 0.15) is 31.2 Å². The predicted molar refractivity (Wildman–Crippen MR) is 120 cm³/mol. The van der Waals surface area contributed by atoms with Gasteiger partial charge in [-0.1, -0.05) is 25.4 Å². The number of aromatic nitrogens is 3. The van der Waals surface area contributed by atoms with Crippen molar-refractivity contribution in [2.24, 2.45) is 0 Å². The van der Waals surface area contributed by atoms with E-state index >= 15 is 0 Å². The molecule has 3 aromatic rings. The highest BCUT2D eigenvalue weighted by molar-refractivity contribution is 6.31. The Bertz CT molecular complexity index is 1140. The molecule has 0 radical (unpaired) electrons. The quantitative estimate of drug-likeness (QED) is 0.442. The molecule has 0 bridgehead atoms. The number of anilines is 2. The number of alkyl halides is 3. The van der Waals surface area contributed by atoms with Crippen molar-refractivity contribution in [1.29, 1.82) is 0 Å². The summed E-state index contributed by atoms with van der Waals surface area (Å²) in [5.41, 5.74) is 0.532. The molecule has 174 valence electrons. The first-order valence-electron chi connectivity index (χ1n) is 10.5. The molecule has 1 aliphatic heterocycles. The SMILES string of the molecule is CC(C)c1nc(-c2ccc(F)c(Cl)c2)cc(N2CCN(c3ncccc3C(F)(F)F)CC2)n1. The summed E-state index contributed by atoms with van der Waals surface area (Å²) < 4.78 is 53.8. The van der Waals surface area contributed by atoms with Gasteiger partial charge in [0.2, 0.25) is 0 Å². The maximum atomic E-state index is 13.6. The minimum atomic E-state index is -4.47. The third-order valence-electron chi connectivity index (χ3n) is 5.46. The van der Waals surface area contributed by atoms with Crippen LogP contribution < -0.4 is 9.80 Å². The van der Waals surface area contributed by atoms with Crippen molar-refractivity contribution >= 4 is 23.2 Å². The zero-order chi connectivity index (χ0) is 23.8. The van der Waals surface area contributed by atoms with Crippen molar-refractivity contribution in [3.8, 4) is 11.3 Å². The summed E-state index contributed by atoms with van der Waals surface area (Å²) in [6.07, 6.45) is -3.10. The normalized spacial score (nSPS) is 14.8. The molecule has 4 rings (SSSR count). The van der Waals surface area contributed by atoms with Crippen LogP contribution in [0.5, 0.6) is 0 Å². The van der Waals surface area contributed by atoms with Crippen LogP contribution in [0.25, 0.3) is 11.3 Å². The van der Waals surface area contributed by atoms with Gasteiger partial charge in [0.25, 0.3) is 0 Å². The lowest BCUT2D eigenvalue weighted by atomic mass is 10.1. The number of pyridine rings is 1. The molecular weight excluding hydrogens is 458 g/mol. The summed E-state index contributed by atoms with van der Waals surface area (Å²) >= 11 is 5.95. The predicted octanol–water partition coefficient (Wildman–Crippen LogP) is 5.80. The van der Waals surface area contributed by atoms with Crippen molar-refractivity contribution in [3.05, 3.63) is 64.8 Å². The van der Waals surface area contributed by atoms with Gasteiger partial charge in [-0.15, -0.1) is 0 Å². The van der Waals surface area contributed by atoms with E-state index in [1.54, 1.807) is 17.0 Å². The summed E-state index contributed by atoms with van der Waals surface area (Å²) in [7, 11) is 0. The number of piperazine rings is 1. The second-order valence-electron chi connectivity index (χ2n) is 8.10. The molecule has 0 spiro atoms. The fourth-order valence-corrected chi connectivity index (χ4v) is 3.87. The molecule has 2 aromatic heterocycles. The van der Waals surface area contributed by atoms with E-state index in [2.05, 4.69) is 15.0 Å².